The van der Waals surface area contributed by atoms with Crippen molar-refractivity contribution in [3.05, 3.63) is 24.3 Å². The van der Waals surface area contributed by atoms with E-state index < -0.39 is 23.9 Å². The van der Waals surface area contributed by atoms with Crippen LogP contribution in [0.4, 0.5) is 0 Å². The van der Waals surface area contributed by atoms with Crippen molar-refractivity contribution in [2.24, 2.45) is 0 Å². The van der Waals surface area contributed by atoms with Gasteiger partial charge < -0.3 is 30.0 Å². The van der Waals surface area contributed by atoms with E-state index in [2.05, 4.69) is 0 Å². The molecule has 88 valence electrons. The fraction of sp³-hybridized carbons (Fsp3) is 0. The zero-order valence-electron chi connectivity index (χ0n) is 9.65. The normalized spacial score (nSPS) is 8.44. The standard InChI is InChI=1S/2C4H4O4.2Na/c2*5-3(6)1-2-4(7)8;;/h2*1-2H,(H,5,6)(H,7,8);;/q;;2*+1/p-2/b2*2-1-;;. The number of carbonyl (C=O) groups excluding carboxylic acids is 2. The number of hydrogen-bond acceptors (Lipinski definition) is 6. The second-order valence-corrected chi connectivity index (χ2v) is 1.98. The summed E-state index contributed by atoms with van der Waals surface area (Å²) in [4.78, 5) is 37.9. The second-order valence-electron chi connectivity index (χ2n) is 1.98. The van der Waals surface area contributed by atoms with Crippen molar-refractivity contribution >= 4 is 23.9 Å². The van der Waals surface area contributed by atoms with Gasteiger partial charge in [-0.2, -0.15) is 0 Å². The summed E-state index contributed by atoms with van der Waals surface area (Å²) < 4.78 is 0. The van der Waals surface area contributed by atoms with Crippen LogP contribution in [0.25, 0.3) is 0 Å². The first-order chi connectivity index (χ1) is 7.25. The summed E-state index contributed by atoms with van der Waals surface area (Å²) in [7, 11) is 0. The summed E-state index contributed by atoms with van der Waals surface area (Å²) in [6.45, 7) is 0. The molecule has 0 atom stereocenters. The molecule has 8 nitrogen and oxygen atoms in total. The number of carbonyl (C=O) groups is 4. The van der Waals surface area contributed by atoms with E-state index in [-0.39, 0.29) is 59.1 Å². The predicted molar refractivity (Wildman–Crippen MR) is 43.6 cm³/mol. The average Bonchev–Trinajstić information content (AvgIpc) is 2.12. The Hall–Kier alpha value is -0.640. The number of rotatable bonds is 4. The van der Waals surface area contributed by atoms with E-state index in [1.807, 2.05) is 0 Å². The van der Waals surface area contributed by atoms with Crippen LogP contribution < -0.4 is 69.3 Å². The molecule has 0 spiro atoms. The molecular formula is C8H6Na2O8. The summed E-state index contributed by atoms with van der Waals surface area (Å²) in [5, 5.41) is 34.5. The van der Waals surface area contributed by atoms with E-state index in [0.717, 1.165) is 0 Å². The van der Waals surface area contributed by atoms with Gasteiger partial charge in [0.05, 0.1) is 11.9 Å². The number of carboxylic acids is 4. The third kappa shape index (κ3) is 36.2. The van der Waals surface area contributed by atoms with Crippen molar-refractivity contribution in [1.29, 1.82) is 0 Å². The fourth-order valence-electron chi connectivity index (χ4n) is 0.279. The van der Waals surface area contributed by atoms with Crippen LogP contribution in [0.3, 0.4) is 0 Å². The Kier molecular flexibility index (Phi) is 23.7. The van der Waals surface area contributed by atoms with Crippen LogP contribution in [-0.4, -0.2) is 34.1 Å². The molecule has 0 fully saturated rings. The maximum atomic E-state index is 9.55. The maximum Gasteiger partial charge on any atom is 1.00 e. The van der Waals surface area contributed by atoms with Gasteiger partial charge in [0.2, 0.25) is 0 Å². The summed E-state index contributed by atoms with van der Waals surface area (Å²) in [6.07, 6.45) is 1.88. The minimum Gasteiger partial charge on any atom is -0.545 e. The van der Waals surface area contributed by atoms with Crippen LogP contribution in [0.15, 0.2) is 24.3 Å². The monoisotopic (exact) mass is 276 g/mol. The summed E-state index contributed by atoms with van der Waals surface area (Å²) in [6, 6.07) is 0. The molecule has 2 N–H and O–H groups in total. The van der Waals surface area contributed by atoms with Crippen molar-refractivity contribution in [2.75, 3.05) is 0 Å². The van der Waals surface area contributed by atoms with Crippen molar-refractivity contribution in [3.8, 4) is 0 Å². The quantitative estimate of drug-likeness (QED) is 0.378. The zero-order chi connectivity index (χ0) is 13.1. The van der Waals surface area contributed by atoms with Crippen molar-refractivity contribution < 1.29 is 98.7 Å². The summed E-state index contributed by atoms with van der Waals surface area (Å²) >= 11 is 0. The van der Waals surface area contributed by atoms with Crippen molar-refractivity contribution in [2.45, 2.75) is 0 Å². The second kappa shape index (κ2) is 16.4. The molecule has 0 aliphatic rings. The Morgan fingerprint density at radius 1 is 0.667 bits per heavy atom. The largest absolute Gasteiger partial charge is 1.00 e. The van der Waals surface area contributed by atoms with Gasteiger partial charge in [0.1, 0.15) is 0 Å². The Balaban J connectivity index is -0.0000000980. The van der Waals surface area contributed by atoms with Crippen LogP contribution in [0.5, 0.6) is 0 Å². The van der Waals surface area contributed by atoms with E-state index in [9.17, 15) is 29.4 Å². The molecule has 0 heterocycles. The number of carboxylic acid groups (broad SMARTS) is 4. The molecule has 0 radical (unpaired) electrons. The SMILES string of the molecule is O=C(O)/C=C\C(=O)O.O=C([O-])/C=C\C(=O)[O-].[Na+].[Na+]. The van der Waals surface area contributed by atoms with Gasteiger partial charge in [-0.05, 0) is 12.2 Å². The molecule has 0 rings (SSSR count). The van der Waals surface area contributed by atoms with Crippen LogP contribution in [0, 0.1) is 0 Å². The van der Waals surface area contributed by atoms with Crippen LogP contribution in [0.1, 0.15) is 0 Å². The number of hydrogen-bond donors (Lipinski definition) is 2. The van der Waals surface area contributed by atoms with E-state index in [4.69, 9.17) is 10.2 Å². The molecule has 0 aliphatic heterocycles. The molecule has 0 aromatic heterocycles. The summed E-state index contributed by atoms with van der Waals surface area (Å²) in [5.41, 5.74) is 0. The van der Waals surface area contributed by atoms with E-state index in [1.165, 1.54) is 0 Å². The fourth-order valence-corrected chi connectivity index (χ4v) is 0.279. The molecule has 0 aromatic carbocycles. The molecule has 0 unspecified atom stereocenters. The van der Waals surface area contributed by atoms with Gasteiger partial charge in [0.15, 0.2) is 0 Å². The minimum atomic E-state index is -1.55. The van der Waals surface area contributed by atoms with E-state index in [1.54, 1.807) is 0 Å². The topological polar surface area (TPSA) is 155 Å². The molecule has 0 bridgehead atoms. The van der Waals surface area contributed by atoms with Gasteiger partial charge in [-0.15, -0.1) is 0 Å². The van der Waals surface area contributed by atoms with Gasteiger partial charge in [-0.3, -0.25) is 0 Å². The van der Waals surface area contributed by atoms with Crippen LogP contribution >= 0.6 is 0 Å². The zero-order valence-corrected chi connectivity index (χ0v) is 13.7. The third-order valence-electron chi connectivity index (χ3n) is 0.724. The molecular weight excluding hydrogens is 270 g/mol. The van der Waals surface area contributed by atoms with Crippen LogP contribution in [0.2, 0.25) is 0 Å². The van der Waals surface area contributed by atoms with Crippen molar-refractivity contribution in [1.82, 2.24) is 0 Å². The number of aliphatic carboxylic acids is 4. The maximum absolute atomic E-state index is 9.55. The van der Waals surface area contributed by atoms with Crippen molar-refractivity contribution in [3.63, 3.8) is 0 Å². The van der Waals surface area contributed by atoms with Gasteiger partial charge in [-0.1, -0.05) is 0 Å². The Morgan fingerprint density at radius 2 is 0.889 bits per heavy atom. The third-order valence-corrected chi connectivity index (χ3v) is 0.724. The van der Waals surface area contributed by atoms with Crippen LogP contribution in [-0.2, 0) is 19.2 Å². The van der Waals surface area contributed by atoms with E-state index >= 15 is 0 Å². The van der Waals surface area contributed by atoms with Gasteiger partial charge in [-0.25, -0.2) is 9.59 Å². The molecule has 10 heteroatoms. The predicted octanol–water partition coefficient (Wildman–Crippen LogP) is -9.24. The first-order valence-corrected chi connectivity index (χ1v) is 3.49. The molecule has 0 amide bonds. The minimum absolute atomic E-state index is 0. The van der Waals surface area contributed by atoms with Gasteiger partial charge in [0, 0.05) is 12.2 Å². The molecule has 0 aromatic rings. The Labute approximate surface area is 146 Å². The van der Waals surface area contributed by atoms with Gasteiger partial charge in [0.25, 0.3) is 0 Å². The van der Waals surface area contributed by atoms with Gasteiger partial charge >= 0.3 is 71.1 Å². The molecule has 0 saturated heterocycles. The first kappa shape index (κ1) is 26.0. The Bertz CT molecular complexity index is 281. The molecule has 0 aliphatic carbocycles. The van der Waals surface area contributed by atoms with E-state index in [0.29, 0.717) is 24.3 Å². The summed E-state index contributed by atoms with van der Waals surface area (Å²) in [5.74, 6) is -5.61. The smallest absolute Gasteiger partial charge is 0.545 e. The molecule has 18 heavy (non-hydrogen) atoms. The first-order valence-electron chi connectivity index (χ1n) is 3.49. The molecule has 0 saturated carbocycles. The average molecular weight is 276 g/mol. The Morgan fingerprint density at radius 3 is 1.00 bits per heavy atom.